The number of rotatable bonds is 79. The van der Waals surface area contributed by atoms with E-state index in [1.54, 1.807) is 0 Å². The number of phosphoric acid groups is 2. The van der Waals surface area contributed by atoms with Gasteiger partial charge in [-0.3, -0.25) is 37.3 Å². The van der Waals surface area contributed by atoms with Gasteiger partial charge in [0, 0.05) is 25.7 Å². The van der Waals surface area contributed by atoms with Gasteiger partial charge in [-0.2, -0.15) is 0 Å². The van der Waals surface area contributed by atoms with Gasteiger partial charge in [-0.15, -0.1) is 0 Å². The zero-order valence-electron chi connectivity index (χ0n) is 65.7. The lowest BCUT2D eigenvalue weighted by Crippen LogP contribution is -2.30. The molecule has 0 aliphatic carbocycles. The second-order valence-corrected chi connectivity index (χ2v) is 33.5. The highest BCUT2D eigenvalue weighted by Crippen LogP contribution is 2.45. The van der Waals surface area contributed by atoms with Crippen molar-refractivity contribution in [3.63, 3.8) is 0 Å². The van der Waals surface area contributed by atoms with Crippen LogP contribution in [0.5, 0.6) is 0 Å². The minimum atomic E-state index is -4.96. The van der Waals surface area contributed by atoms with Crippen molar-refractivity contribution in [1.29, 1.82) is 0 Å². The fourth-order valence-electron chi connectivity index (χ4n) is 12.5. The molecule has 0 heterocycles. The molecule has 0 spiro atoms. The Kier molecular flexibility index (Phi) is 69.9. The van der Waals surface area contributed by atoms with Gasteiger partial charge in [0.1, 0.15) is 19.3 Å². The predicted octanol–water partition coefficient (Wildman–Crippen LogP) is 24.1. The number of unbranched alkanes of at least 4 members (excludes halogenated alkanes) is 47. The van der Waals surface area contributed by atoms with E-state index in [4.69, 9.17) is 37.0 Å². The van der Waals surface area contributed by atoms with Crippen LogP contribution in [-0.4, -0.2) is 96.7 Å². The summed E-state index contributed by atoms with van der Waals surface area (Å²) in [4.78, 5) is 73.0. The van der Waals surface area contributed by atoms with Gasteiger partial charge >= 0.3 is 39.5 Å². The van der Waals surface area contributed by atoms with E-state index < -0.39 is 97.5 Å². The first-order valence-corrected chi connectivity index (χ1v) is 44.8. The molecule has 594 valence electrons. The normalized spacial score (nSPS) is 14.0. The van der Waals surface area contributed by atoms with Gasteiger partial charge in [0.15, 0.2) is 12.2 Å². The van der Waals surface area contributed by atoms with Crippen molar-refractivity contribution in [3.8, 4) is 0 Å². The summed E-state index contributed by atoms with van der Waals surface area (Å²) in [7, 11) is -9.92. The van der Waals surface area contributed by atoms with Crippen molar-refractivity contribution >= 4 is 39.5 Å². The molecule has 0 radical (unpaired) electrons. The summed E-state index contributed by atoms with van der Waals surface area (Å²) in [5, 5.41) is 10.6. The Hall–Kier alpha value is -1.94. The Balaban J connectivity index is 5.23. The third-order valence-electron chi connectivity index (χ3n) is 18.9. The lowest BCUT2D eigenvalue weighted by molar-refractivity contribution is -0.161. The smallest absolute Gasteiger partial charge is 0.462 e. The highest BCUT2D eigenvalue weighted by molar-refractivity contribution is 7.47. The first-order chi connectivity index (χ1) is 48.2. The molecule has 0 aromatic heterocycles. The van der Waals surface area contributed by atoms with E-state index in [9.17, 15) is 43.2 Å². The molecule has 0 aliphatic rings. The summed E-state index contributed by atoms with van der Waals surface area (Å²) in [6.07, 6.45) is 59.6. The maximum absolute atomic E-state index is 13.1. The van der Waals surface area contributed by atoms with Crippen LogP contribution in [0.2, 0.25) is 0 Å². The van der Waals surface area contributed by atoms with E-state index in [2.05, 4.69) is 48.5 Å². The molecule has 0 rings (SSSR count). The standard InChI is InChI=1S/C81H158O17P2/c1-8-9-10-11-12-13-14-21-27-35-43-50-57-64-80(85)98-77(69-92-79(84)63-56-49-42-37-30-33-40-47-54-61-74(6)7)71-96-100(89,90)94-67-75(82)66-93-99(87,88)95-70-76(68-91-78(83)62-55-48-41-34-29-24-26-32-39-46-53-60-73(4)5)97-81(86)65-58-51-44-36-28-23-20-18-16-15-17-19-22-25-31-38-45-52-59-72(2)3/h72-77,82H,8-71H2,1-7H3,(H,87,88)(H,89,90)/t75-,76-,77-/m1/s1. The van der Waals surface area contributed by atoms with Gasteiger partial charge in [0.2, 0.25) is 0 Å². The molecule has 5 atom stereocenters. The molecule has 17 nitrogen and oxygen atoms in total. The number of esters is 4. The van der Waals surface area contributed by atoms with Gasteiger partial charge in [0.05, 0.1) is 26.4 Å². The zero-order chi connectivity index (χ0) is 73.7. The Morgan fingerprint density at radius 2 is 0.460 bits per heavy atom. The highest BCUT2D eigenvalue weighted by atomic mass is 31.2. The fourth-order valence-corrected chi connectivity index (χ4v) is 14.1. The van der Waals surface area contributed by atoms with E-state index in [1.807, 2.05) is 0 Å². The number of phosphoric ester groups is 2. The van der Waals surface area contributed by atoms with Crippen LogP contribution in [0.15, 0.2) is 0 Å². The van der Waals surface area contributed by atoms with Crippen LogP contribution in [0, 0.1) is 17.8 Å². The van der Waals surface area contributed by atoms with Crippen LogP contribution in [-0.2, 0) is 65.4 Å². The second-order valence-electron chi connectivity index (χ2n) is 30.6. The minimum absolute atomic E-state index is 0.107. The van der Waals surface area contributed by atoms with Crippen molar-refractivity contribution in [3.05, 3.63) is 0 Å². The van der Waals surface area contributed by atoms with Crippen molar-refractivity contribution in [2.24, 2.45) is 17.8 Å². The molecule has 0 aromatic carbocycles. The van der Waals surface area contributed by atoms with E-state index in [0.717, 1.165) is 108 Å². The Morgan fingerprint density at radius 1 is 0.270 bits per heavy atom. The third-order valence-corrected chi connectivity index (χ3v) is 20.8. The molecule has 0 aliphatic heterocycles. The Bertz CT molecular complexity index is 1940. The van der Waals surface area contributed by atoms with Crippen LogP contribution in [0.4, 0.5) is 0 Å². The Labute approximate surface area is 613 Å². The number of carbonyl (C=O) groups excluding carboxylic acids is 4. The van der Waals surface area contributed by atoms with Crippen molar-refractivity contribution in [1.82, 2.24) is 0 Å². The molecular weight excluding hydrogens is 1310 g/mol. The first kappa shape index (κ1) is 98.1. The maximum atomic E-state index is 13.1. The molecule has 0 amide bonds. The molecule has 19 heteroatoms. The Morgan fingerprint density at radius 3 is 0.680 bits per heavy atom. The van der Waals surface area contributed by atoms with Crippen LogP contribution in [0.25, 0.3) is 0 Å². The quantitative estimate of drug-likeness (QED) is 0.0222. The summed E-state index contributed by atoms with van der Waals surface area (Å²) in [6, 6.07) is 0. The minimum Gasteiger partial charge on any atom is -0.462 e. The number of hydrogen-bond donors (Lipinski definition) is 3. The van der Waals surface area contributed by atoms with Crippen LogP contribution >= 0.6 is 15.6 Å². The zero-order valence-corrected chi connectivity index (χ0v) is 67.5. The molecule has 0 saturated heterocycles. The molecule has 100 heavy (non-hydrogen) atoms. The van der Waals surface area contributed by atoms with Crippen LogP contribution in [0.3, 0.4) is 0 Å². The number of ether oxygens (including phenoxy) is 4. The molecule has 0 bridgehead atoms. The van der Waals surface area contributed by atoms with Gasteiger partial charge < -0.3 is 33.8 Å². The molecule has 3 N–H and O–H groups in total. The predicted molar refractivity (Wildman–Crippen MR) is 409 cm³/mol. The topological polar surface area (TPSA) is 237 Å². The van der Waals surface area contributed by atoms with Gasteiger partial charge in [0.25, 0.3) is 0 Å². The number of carbonyl (C=O) groups is 4. The average Bonchev–Trinajstić information content (AvgIpc) is 1.21. The summed E-state index contributed by atoms with van der Waals surface area (Å²) < 4.78 is 68.7. The maximum Gasteiger partial charge on any atom is 0.472 e. The summed E-state index contributed by atoms with van der Waals surface area (Å²) in [6.45, 7) is 12.0. The SMILES string of the molecule is CCCCCCCCCCCCCCCC(=O)O[C@H](COC(=O)CCCCCCCCCCCC(C)C)COP(=O)(O)OC[C@H](O)COP(=O)(O)OC[C@@H](COC(=O)CCCCCCCCCCCCCC(C)C)OC(=O)CCCCCCCCCCCCCCCCCCCCC(C)C. The highest BCUT2D eigenvalue weighted by Gasteiger charge is 2.30. The molecule has 0 fully saturated rings. The van der Waals surface area contributed by atoms with E-state index in [1.165, 1.54) is 231 Å². The number of aliphatic hydroxyl groups excluding tert-OH is 1. The fraction of sp³-hybridized carbons (Fsp3) is 0.951. The molecular formula is C81H158O17P2. The first-order valence-electron chi connectivity index (χ1n) is 41.8. The van der Waals surface area contributed by atoms with Crippen molar-refractivity contribution < 1.29 is 80.2 Å². The molecule has 0 aromatic rings. The summed E-state index contributed by atoms with van der Waals surface area (Å²) in [5.41, 5.74) is 0. The average molecular weight is 1470 g/mol. The monoisotopic (exact) mass is 1470 g/mol. The van der Waals surface area contributed by atoms with Gasteiger partial charge in [-0.25, -0.2) is 9.13 Å². The van der Waals surface area contributed by atoms with E-state index in [0.29, 0.717) is 25.7 Å². The molecule has 0 saturated carbocycles. The van der Waals surface area contributed by atoms with Crippen molar-refractivity contribution in [2.45, 2.75) is 439 Å². The largest absolute Gasteiger partial charge is 0.472 e. The van der Waals surface area contributed by atoms with Crippen LogP contribution < -0.4 is 0 Å². The van der Waals surface area contributed by atoms with Crippen LogP contribution in [0.1, 0.15) is 421 Å². The lowest BCUT2D eigenvalue weighted by Gasteiger charge is -2.21. The number of aliphatic hydroxyl groups is 1. The van der Waals surface area contributed by atoms with Gasteiger partial charge in [-0.1, -0.05) is 370 Å². The molecule has 2 unspecified atom stereocenters. The lowest BCUT2D eigenvalue weighted by atomic mass is 10.0. The summed E-state index contributed by atoms with van der Waals surface area (Å²) >= 11 is 0. The van der Waals surface area contributed by atoms with E-state index >= 15 is 0 Å². The van der Waals surface area contributed by atoms with E-state index in [-0.39, 0.29) is 25.7 Å². The van der Waals surface area contributed by atoms with Crippen molar-refractivity contribution in [2.75, 3.05) is 39.6 Å². The third kappa shape index (κ3) is 74.3. The second kappa shape index (κ2) is 71.3. The number of hydrogen-bond acceptors (Lipinski definition) is 15. The summed E-state index contributed by atoms with van der Waals surface area (Å²) in [5.74, 6) is 0.225. The van der Waals surface area contributed by atoms with Gasteiger partial charge in [-0.05, 0) is 43.4 Å².